The third-order valence-electron chi connectivity index (χ3n) is 3.63. The molecule has 0 unspecified atom stereocenters. The van der Waals surface area contributed by atoms with Crippen molar-refractivity contribution >= 4 is 0 Å². The number of halogens is 1. The number of hydrogen-bond acceptors (Lipinski definition) is 3. The van der Waals surface area contributed by atoms with E-state index < -0.39 is 0 Å². The molecule has 0 aliphatic carbocycles. The summed E-state index contributed by atoms with van der Waals surface area (Å²) in [5.74, 6) is -0.0685. The summed E-state index contributed by atoms with van der Waals surface area (Å²) in [7, 11) is 2.09. The lowest BCUT2D eigenvalue weighted by atomic mass is 10.1. The van der Waals surface area contributed by atoms with Gasteiger partial charge in [-0.25, -0.2) is 4.39 Å². The molecule has 1 aromatic carbocycles. The average molecular weight is 319 g/mol. The highest BCUT2D eigenvalue weighted by Gasteiger charge is 2.13. The van der Waals surface area contributed by atoms with Gasteiger partial charge in [-0.3, -0.25) is 5.10 Å². The van der Waals surface area contributed by atoms with Crippen LogP contribution in [0.25, 0.3) is 11.3 Å². The van der Waals surface area contributed by atoms with Crippen molar-refractivity contribution in [3.8, 4) is 17.0 Å². The molecule has 23 heavy (non-hydrogen) atoms. The number of hydrogen-bond donors (Lipinski definition) is 1. The largest absolute Gasteiger partial charge is 0.488 e. The van der Waals surface area contributed by atoms with Crippen LogP contribution in [0.15, 0.2) is 24.4 Å². The molecule has 0 bridgehead atoms. The molecule has 5 heteroatoms. The molecule has 0 aliphatic rings. The van der Waals surface area contributed by atoms with E-state index in [0.29, 0.717) is 0 Å². The van der Waals surface area contributed by atoms with Gasteiger partial charge < -0.3 is 9.64 Å². The van der Waals surface area contributed by atoms with E-state index in [1.807, 2.05) is 26.1 Å². The molecule has 0 amide bonds. The van der Waals surface area contributed by atoms with Crippen LogP contribution in [0.3, 0.4) is 0 Å². The summed E-state index contributed by atoms with van der Waals surface area (Å²) in [6.45, 7) is 7.77. The van der Waals surface area contributed by atoms with Gasteiger partial charge in [-0.05, 0) is 52.1 Å². The lowest BCUT2D eigenvalue weighted by Crippen LogP contribution is -2.19. The van der Waals surface area contributed by atoms with E-state index in [9.17, 15) is 4.39 Å². The van der Waals surface area contributed by atoms with Gasteiger partial charge in [-0.15, -0.1) is 0 Å². The van der Waals surface area contributed by atoms with Gasteiger partial charge >= 0.3 is 0 Å². The van der Waals surface area contributed by atoms with Crippen LogP contribution in [0.2, 0.25) is 0 Å². The van der Waals surface area contributed by atoms with Crippen LogP contribution in [0, 0.1) is 5.82 Å². The number of aromatic amines is 1. The van der Waals surface area contributed by atoms with E-state index >= 15 is 0 Å². The minimum Gasteiger partial charge on any atom is -0.488 e. The van der Waals surface area contributed by atoms with Crippen molar-refractivity contribution in [3.63, 3.8) is 0 Å². The van der Waals surface area contributed by atoms with Crippen molar-refractivity contribution in [1.82, 2.24) is 15.1 Å². The maximum Gasteiger partial charge on any atom is 0.165 e. The Morgan fingerprint density at radius 2 is 2.13 bits per heavy atom. The molecular formula is C18H26FN3O. The molecule has 1 aromatic heterocycles. The fourth-order valence-corrected chi connectivity index (χ4v) is 2.48. The first-order valence-electron chi connectivity index (χ1n) is 8.18. The monoisotopic (exact) mass is 319 g/mol. The smallest absolute Gasteiger partial charge is 0.165 e. The van der Waals surface area contributed by atoms with Crippen LogP contribution >= 0.6 is 0 Å². The van der Waals surface area contributed by atoms with Crippen LogP contribution in [-0.4, -0.2) is 34.8 Å². The Balaban J connectivity index is 2.16. The zero-order valence-corrected chi connectivity index (χ0v) is 14.4. The lowest BCUT2D eigenvalue weighted by molar-refractivity contribution is 0.231. The lowest BCUT2D eigenvalue weighted by Gasteiger charge is -2.16. The molecule has 2 aromatic rings. The highest BCUT2D eigenvalue weighted by atomic mass is 19.1. The molecule has 0 saturated carbocycles. The Bertz CT molecular complexity index is 624. The number of ether oxygens (including phenoxy) is 1. The maximum atomic E-state index is 14.2. The Morgan fingerprint density at radius 3 is 2.78 bits per heavy atom. The second kappa shape index (κ2) is 8.11. The summed E-state index contributed by atoms with van der Waals surface area (Å²) in [6, 6.07) is 5.04. The quantitative estimate of drug-likeness (QED) is 0.791. The van der Waals surface area contributed by atoms with Crippen LogP contribution in [0.5, 0.6) is 5.75 Å². The van der Waals surface area contributed by atoms with Gasteiger partial charge in [-0.2, -0.15) is 5.10 Å². The van der Waals surface area contributed by atoms with E-state index in [1.165, 1.54) is 18.9 Å². The first kappa shape index (κ1) is 17.5. The molecule has 126 valence electrons. The van der Waals surface area contributed by atoms with Crippen LogP contribution in [0.1, 0.15) is 39.2 Å². The van der Waals surface area contributed by atoms with Crippen molar-refractivity contribution in [2.24, 2.45) is 0 Å². The van der Waals surface area contributed by atoms with Crippen molar-refractivity contribution in [3.05, 3.63) is 35.8 Å². The van der Waals surface area contributed by atoms with Gasteiger partial charge in [0, 0.05) is 17.7 Å². The second-order valence-corrected chi connectivity index (χ2v) is 6.17. The van der Waals surface area contributed by atoms with Crippen molar-refractivity contribution < 1.29 is 9.13 Å². The van der Waals surface area contributed by atoms with E-state index in [4.69, 9.17) is 4.74 Å². The summed E-state index contributed by atoms with van der Waals surface area (Å²) in [6.07, 6.45) is 4.10. The number of rotatable bonds is 8. The van der Waals surface area contributed by atoms with Gasteiger partial charge in [0.1, 0.15) is 0 Å². The topological polar surface area (TPSA) is 41.2 Å². The molecule has 1 N–H and O–H groups in total. The fraction of sp³-hybridized carbons (Fsp3) is 0.500. The molecular weight excluding hydrogens is 293 g/mol. The van der Waals surface area contributed by atoms with Gasteiger partial charge in [0.2, 0.25) is 0 Å². The summed E-state index contributed by atoms with van der Waals surface area (Å²) in [5.41, 5.74) is 2.72. The molecule has 0 aliphatic heterocycles. The highest BCUT2D eigenvalue weighted by Crippen LogP contribution is 2.27. The van der Waals surface area contributed by atoms with Crippen LogP contribution in [-0.2, 0) is 6.54 Å². The first-order chi connectivity index (χ1) is 11.0. The Morgan fingerprint density at radius 1 is 1.35 bits per heavy atom. The molecule has 0 fully saturated rings. The average Bonchev–Trinajstić information content (AvgIpc) is 2.95. The molecule has 0 saturated heterocycles. The number of unbranched alkanes of at least 4 members (excludes halogenated alkanes) is 1. The van der Waals surface area contributed by atoms with Crippen LogP contribution in [0.4, 0.5) is 4.39 Å². The van der Waals surface area contributed by atoms with Crippen molar-refractivity contribution in [2.75, 3.05) is 13.6 Å². The van der Waals surface area contributed by atoms with Crippen molar-refractivity contribution in [1.29, 1.82) is 0 Å². The SMILES string of the molecule is CCCCN(C)Cc1cn[nH]c1-c1ccc(OC(C)C)c(F)c1. The molecule has 0 radical (unpaired) electrons. The number of aromatic nitrogens is 2. The standard InChI is InChI=1S/C18H26FN3O/c1-5-6-9-22(4)12-15-11-20-21-18(15)14-7-8-17(16(19)10-14)23-13(2)3/h7-8,10-11,13H,5-6,9,12H2,1-4H3,(H,20,21). The number of benzene rings is 1. The zero-order valence-electron chi connectivity index (χ0n) is 14.4. The highest BCUT2D eigenvalue weighted by molar-refractivity contribution is 5.63. The number of nitrogens with zero attached hydrogens (tertiary/aromatic N) is 2. The Hall–Kier alpha value is -1.88. The minimum atomic E-state index is -0.351. The van der Waals surface area contributed by atoms with Gasteiger partial charge in [0.25, 0.3) is 0 Å². The zero-order chi connectivity index (χ0) is 16.8. The van der Waals surface area contributed by atoms with Crippen LogP contribution < -0.4 is 4.74 Å². The van der Waals surface area contributed by atoms with E-state index in [2.05, 4.69) is 29.1 Å². The molecule has 0 spiro atoms. The Labute approximate surface area is 137 Å². The van der Waals surface area contributed by atoms with E-state index in [0.717, 1.165) is 29.9 Å². The Kier molecular flexibility index (Phi) is 6.16. The predicted octanol–water partition coefficient (Wildman–Crippen LogP) is 4.23. The number of nitrogens with one attached hydrogen (secondary N) is 1. The predicted molar refractivity (Wildman–Crippen MR) is 91.0 cm³/mol. The summed E-state index contributed by atoms with van der Waals surface area (Å²) in [4.78, 5) is 2.25. The number of H-pyrrole nitrogens is 1. The normalized spacial score (nSPS) is 11.4. The van der Waals surface area contributed by atoms with Gasteiger partial charge in [-0.1, -0.05) is 13.3 Å². The maximum absolute atomic E-state index is 14.2. The third kappa shape index (κ3) is 4.79. The van der Waals surface area contributed by atoms with Crippen molar-refractivity contribution in [2.45, 2.75) is 46.3 Å². The third-order valence-corrected chi connectivity index (χ3v) is 3.63. The second-order valence-electron chi connectivity index (χ2n) is 6.17. The fourth-order valence-electron chi connectivity index (χ4n) is 2.48. The van der Waals surface area contributed by atoms with Gasteiger partial charge in [0.15, 0.2) is 11.6 Å². The molecule has 0 atom stereocenters. The minimum absolute atomic E-state index is 0.0507. The summed E-state index contributed by atoms with van der Waals surface area (Å²) >= 11 is 0. The summed E-state index contributed by atoms with van der Waals surface area (Å²) in [5, 5.41) is 7.11. The van der Waals surface area contributed by atoms with E-state index in [-0.39, 0.29) is 17.7 Å². The molecule has 1 heterocycles. The molecule has 2 rings (SSSR count). The molecule has 4 nitrogen and oxygen atoms in total. The first-order valence-corrected chi connectivity index (χ1v) is 8.18. The summed E-state index contributed by atoms with van der Waals surface area (Å²) < 4.78 is 19.6. The van der Waals surface area contributed by atoms with E-state index in [1.54, 1.807) is 6.07 Å². The van der Waals surface area contributed by atoms with Gasteiger partial charge in [0.05, 0.1) is 18.0 Å².